The molecule has 0 aliphatic carbocycles. The number of aromatic amines is 2. The number of alkyl halides is 3. The lowest BCUT2D eigenvalue weighted by Gasteiger charge is -2.26. The van der Waals surface area contributed by atoms with E-state index in [0.29, 0.717) is 25.4 Å². The fraction of sp³-hybridized carbons (Fsp3) is 0.727. The molecule has 4 rings (SSSR count). The molecule has 0 bridgehead atoms. The van der Waals surface area contributed by atoms with E-state index in [4.69, 9.17) is 0 Å². The van der Waals surface area contributed by atoms with Crippen LogP contribution in [0.3, 0.4) is 0 Å². The van der Waals surface area contributed by atoms with E-state index in [9.17, 15) is 13.2 Å². The minimum absolute atomic E-state index is 0.315. The number of halogens is 3. The van der Waals surface area contributed by atoms with Crippen molar-refractivity contribution in [1.82, 2.24) is 29.7 Å². The maximum Gasteiger partial charge on any atom is 0.401 e. The first-order chi connectivity index (χ1) is 14.6. The molecule has 9 heteroatoms. The highest BCUT2D eigenvalue weighted by Crippen LogP contribution is 2.22. The van der Waals surface area contributed by atoms with Crippen LogP contribution < -0.4 is 0 Å². The molecule has 0 spiro atoms. The van der Waals surface area contributed by atoms with Gasteiger partial charge in [-0.2, -0.15) is 13.2 Å². The van der Waals surface area contributed by atoms with Gasteiger partial charge in [0.05, 0.1) is 29.3 Å². The predicted molar refractivity (Wildman–Crippen MR) is 117 cm³/mol. The number of aromatic nitrogens is 4. The smallest absolute Gasteiger partial charge is 0.345 e. The highest BCUT2D eigenvalue weighted by molar-refractivity contribution is 5.19. The molecule has 0 aromatic carbocycles. The normalized spacial score (nSPS) is 16.7. The van der Waals surface area contributed by atoms with Gasteiger partial charge in [0.2, 0.25) is 0 Å². The van der Waals surface area contributed by atoms with E-state index in [1.54, 1.807) is 0 Å². The summed E-state index contributed by atoms with van der Waals surface area (Å²) >= 11 is 0. The number of hydrogen-bond donors (Lipinski definition) is 2. The van der Waals surface area contributed by atoms with Crippen molar-refractivity contribution in [3.63, 3.8) is 0 Å². The molecule has 176 valence electrons. The Hall–Kier alpha value is -1.87. The second kappa shape index (κ2) is 11.1. The molecular weight excluding hydrogens is 405 g/mol. The molecule has 0 amide bonds. The average molecular weight is 443 g/mol. The van der Waals surface area contributed by atoms with Crippen molar-refractivity contribution in [2.24, 2.45) is 0 Å². The van der Waals surface area contributed by atoms with E-state index in [2.05, 4.69) is 45.6 Å². The van der Waals surface area contributed by atoms with Crippen LogP contribution in [0, 0.1) is 6.92 Å². The van der Waals surface area contributed by atoms with Crippen LogP contribution >= 0.6 is 0 Å². The number of H-pyrrole nitrogens is 2. The molecule has 2 aliphatic heterocycles. The van der Waals surface area contributed by atoms with Gasteiger partial charge in [-0.15, -0.1) is 0 Å². The van der Waals surface area contributed by atoms with Crippen molar-refractivity contribution in [1.29, 1.82) is 0 Å². The third-order valence-electron chi connectivity index (χ3n) is 5.36. The largest absolute Gasteiger partial charge is 0.401 e. The van der Waals surface area contributed by atoms with Crippen molar-refractivity contribution in [2.45, 2.75) is 79.6 Å². The Bertz CT molecular complexity index is 809. The highest BCUT2D eigenvalue weighted by atomic mass is 19.4. The fourth-order valence-electron chi connectivity index (χ4n) is 3.80. The van der Waals surface area contributed by atoms with Crippen molar-refractivity contribution in [3.05, 3.63) is 34.4 Å². The van der Waals surface area contributed by atoms with Crippen molar-refractivity contribution in [3.8, 4) is 0 Å². The van der Waals surface area contributed by atoms with Gasteiger partial charge >= 0.3 is 6.18 Å². The molecule has 2 aromatic heterocycles. The van der Waals surface area contributed by atoms with Gasteiger partial charge in [-0.25, -0.2) is 9.97 Å². The topological polar surface area (TPSA) is 63.8 Å². The molecule has 0 fully saturated rings. The SMILES string of the molecule is CC.CCN1CCc2nc(C(C)C)[nH]c2C1.Cc1nc2c([nH]1)CN(CC(F)(F)F)CC2. The Kier molecular flexibility index (Phi) is 9.12. The third kappa shape index (κ3) is 7.35. The number of nitrogens with one attached hydrogen (secondary N) is 2. The number of rotatable bonds is 3. The Balaban J connectivity index is 0.000000204. The quantitative estimate of drug-likeness (QED) is 0.731. The first-order valence-corrected chi connectivity index (χ1v) is 11.3. The molecule has 2 aliphatic rings. The second-order valence-corrected chi connectivity index (χ2v) is 8.14. The summed E-state index contributed by atoms with van der Waals surface area (Å²) in [5.41, 5.74) is 4.36. The molecule has 2 aromatic rings. The number of imidazole rings is 2. The van der Waals surface area contributed by atoms with Crippen LogP contribution in [-0.4, -0.2) is 62.1 Å². The zero-order valence-corrected chi connectivity index (χ0v) is 19.7. The van der Waals surface area contributed by atoms with E-state index in [1.165, 1.54) is 16.3 Å². The van der Waals surface area contributed by atoms with Crippen molar-refractivity contribution >= 4 is 0 Å². The maximum absolute atomic E-state index is 12.2. The summed E-state index contributed by atoms with van der Waals surface area (Å²) in [7, 11) is 0. The molecule has 31 heavy (non-hydrogen) atoms. The molecule has 0 saturated carbocycles. The van der Waals surface area contributed by atoms with Gasteiger partial charge in [0, 0.05) is 44.9 Å². The number of aryl methyl sites for hydroxylation is 1. The summed E-state index contributed by atoms with van der Waals surface area (Å²) in [6.07, 6.45) is -2.42. The molecular formula is C22H37F3N6. The van der Waals surface area contributed by atoms with Gasteiger partial charge in [0.25, 0.3) is 0 Å². The van der Waals surface area contributed by atoms with Crippen LogP contribution in [0.5, 0.6) is 0 Å². The lowest BCUT2D eigenvalue weighted by atomic mass is 10.1. The summed E-state index contributed by atoms with van der Waals surface area (Å²) in [6, 6.07) is 0. The van der Waals surface area contributed by atoms with Crippen LogP contribution in [0.2, 0.25) is 0 Å². The zero-order chi connectivity index (χ0) is 23.2. The van der Waals surface area contributed by atoms with Gasteiger partial charge in [-0.1, -0.05) is 34.6 Å². The number of likely N-dealkylation sites (N-methyl/N-ethyl adjacent to an activating group) is 1. The molecule has 0 radical (unpaired) electrons. The van der Waals surface area contributed by atoms with Gasteiger partial charge in [0.15, 0.2) is 0 Å². The van der Waals surface area contributed by atoms with Crippen molar-refractivity contribution < 1.29 is 13.2 Å². The monoisotopic (exact) mass is 442 g/mol. The van der Waals surface area contributed by atoms with E-state index < -0.39 is 12.7 Å². The Morgan fingerprint density at radius 3 is 2.06 bits per heavy atom. The first-order valence-electron chi connectivity index (χ1n) is 11.3. The van der Waals surface area contributed by atoms with E-state index in [0.717, 1.165) is 49.1 Å². The molecule has 0 unspecified atom stereocenters. The van der Waals surface area contributed by atoms with E-state index >= 15 is 0 Å². The molecule has 6 nitrogen and oxygen atoms in total. The fourth-order valence-corrected chi connectivity index (χ4v) is 3.80. The van der Waals surface area contributed by atoms with E-state index in [1.807, 2.05) is 20.8 Å². The zero-order valence-electron chi connectivity index (χ0n) is 19.7. The number of hydrogen-bond acceptors (Lipinski definition) is 4. The summed E-state index contributed by atoms with van der Waals surface area (Å²) in [6.45, 7) is 15.6. The summed E-state index contributed by atoms with van der Waals surface area (Å²) < 4.78 is 36.5. The minimum Gasteiger partial charge on any atom is -0.345 e. The Morgan fingerprint density at radius 2 is 1.48 bits per heavy atom. The standard InChI is InChI=1S/C11H19N3.C9H12F3N3.C2H6/c1-4-14-6-5-9-10(7-14)13-11(12-9)8(2)3;1-6-13-7-2-3-15(4-8(7)14-6)5-9(10,11)12;1-2/h8H,4-7H2,1-3H3,(H,12,13);2-5H2,1H3,(H,13,14);1-2H3. The number of fused-ring (bicyclic) bond motifs is 2. The van der Waals surface area contributed by atoms with Crippen LogP contribution in [0.4, 0.5) is 13.2 Å². The highest BCUT2D eigenvalue weighted by Gasteiger charge is 2.32. The van der Waals surface area contributed by atoms with Crippen LogP contribution in [0.25, 0.3) is 0 Å². The maximum atomic E-state index is 12.2. The lowest BCUT2D eigenvalue weighted by molar-refractivity contribution is -0.147. The summed E-state index contributed by atoms with van der Waals surface area (Å²) in [4.78, 5) is 19.1. The van der Waals surface area contributed by atoms with Gasteiger partial charge in [-0.3, -0.25) is 9.80 Å². The van der Waals surface area contributed by atoms with E-state index in [-0.39, 0.29) is 0 Å². The third-order valence-corrected chi connectivity index (χ3v) is 5.36. The van der Waals surface area contributed by atoms with Crippen molar-refractivity contribution in [2.75, 3.05) is 26.2 Å². The lowest BCUT2D eigenvalue weighted by Crippen LogP contribution is -2.38. The number of nitrogens with zero attached hydrogens (tertiary/aromatic N) is 4. The van der Waals surface area contributed by atoms with Gasteiger partial charge in [0.1, 0.15) is 11.6 Å². The summed E-state index contributed by atoms with van der Waals surface area (Å²) in [5, 5.41) is 0. The summed E-state index contributed by atoms with van der Waals surface area (Å²) in [5.74, 6) is 2.43. The first kappa shape index (κ1) is 25.4. The molecule has 0 saturated heterocycles. The minimum atomic E-state index is -4.12. The van der Waals surface area contributed by atoms with Crippen LogP contribution in [-0.2, 0) is 25.9 Å². The van der Waals surface area contributed by atoms with Crippen LogP contribution in [0.15, 0.2) is 0 Å². The Morgan fingerprint density at radius 1 is 0.935 bits per heavy atom. The Labute approximate surface area is 183 Å². The average Bonchev–Trinajstić information content (AvgIpc) is 3.30. The van der Waals surface area contributed by atoms with Gasteiger partial charge in [-0.05, 0) is 13.5 Å². The van der Waals surface area contributed by atoms with Gasteiger partial charge < -0.3 is 9.97 Å². The molecule has 4 heterocycles. The predicted octanol–water partition coefficient (Wildman–Crippen LogP) is 4.58. The molecule has 2 N–H and O–H groups in total. The second-order valence-electron chi connectivity index (χ2n) is 8.14. The van der Waals surface area contributed by atoms with Crippen LogP contribution in [0.1, 0.15) is 75.0 Å². The molecule has 0 atom stereocenters.